The molecule has 140 valence electrons. The van der Waals surface area contributed by atoms with E-state index in [1.54, 1.807) is 42.5 Å². The van der Waals surface area contributed by atoms with Crippen molar-refractivity contribution in [3.05, 3.63) is 65.7 Å². The maximum atomic E-state index is 12.5. The molecule has 6 nitrogen and oxygen atoms in total. The van der Waals surface area contributed by atoms with Gasteiger partial charge in [0.1, 0.15) is 5.75 Å². The molecule has 2 aromatic rings. The first-order valence-electron chi connectivity index (χ1n) is 8.56. The highest BCUT2D eigenvalue weighted by Gasteiger charge is 2.11. The average Bonchev–Trinajstić information content (AvgIpc) is 2.62. The van der Waals surface area contributed by atoms with Gasteiger partial charge in [0.05, 0.1) is 11.4 Å². The van der Waals surface area contributed by atoms with Crippen LogP contribution in [0.1, 0.15) is 37.6 Å². The van der Waals surface area contributed by atoms with Crippen LogP contribution < -0.4 is 15.4 Å². The van der Waals surface area contributed by atoms with Crippen molar-refractivity contribution in [1.29, 1.82) is 0 Å². The molecule has 0 unspecified atom stereocenters. The van der Waals surface area contributed by atoms with Gasteiger partial charge in [0, 0.05) is 18.6 Å². The monoisotopic (exact) mass is 366 g/mol. The first-order valence-corrected chi connectivity index (χ1v) is 8.56. The van der Waals surface area contributed by atoms with E-state index in [9.17, 15) is 14.4 Å². The fourth-order valence-corrected chi connectivity index (χ4v) is 2.26. The number of nitrogens with one attached hydrogen (secondary N) is 2. The molecule has 0 aliphatic rings. The third-order valence-corrected chi connectivity index (χ3v) is 3.73. The lowest BCUT2D eigenvalue weighted by molar-refractivity contribution is -0.131. The van der Waals surface area contributed by atoms with Gasteiger partial charge in [-0.2, -0.15) is 0 Å². The Hall–Kier alpha value is -3.41. The van der Waals surface area contributed by atoms with Crippen LogP contribution >= 0.6 is 0 Å². The number of anilines is 2. The predicted molar refractivity (Wildman–Crippen MR) is 105 cm³/mol. The smallest absolute Gasteiger partial charge is 0.308 e. The molecular formula is C21H22N2O4. The van der Waals surface area contributed by atoms with E-state index in [1.165, 1.54) is 19.1 Å². The highest BCUT2D eigenvalue weighted by Crippen LogP contribution is 2.23. The van der Waals surface area contributed by atoms with Crippen LogP contribution in [0.5, 0.6) is 5.75 Å². The Bertz CT molecular complexity index is 887. The van der Waals surface area contributed by atoms with E-state index in [2.05, 4.69) is 10.6 Å². The Labute approximate surface area is 158 Å². The molecule has 2 N–H and O–H groups in total. The van der Waals surface area contributed by atoms with Crippen molar-refractivity contribution in [2.45, 2.75) is 27.2 Å². The lowest BCUT2D eigenvalue weighted by Crippen LogP contribution is -2.16. The largest absolute Gasteiger partial charge is 0.427 e. The Kier molecular flexibility index (Phi) is 6.88. The maximum Gasteiger partial charge on any atom is 0.308 e. The van der Waals surface area contributed by atoms with Gasteiger partial charge in [0.2, 0.25) is 5.91 Å². The molecule has 6 heteroatoms. The first kappa shape index (κ1) is 19.9. The van der Waals surface area contributed by atoms with Gasteiger partial charge in [-0.1, -0.05) is 30.7 Å². The van der Waals surface area contributed by atoms with Crippen LogP contribution in [0.3, 0.4) is 0 Å². The van der Waals surface area contributed by atoms with Crippen molar-refractivity contribution in [2.24, 2.45) is 0 Å². The van der Waals surface area contributed by atoms with Crippen LogP contribution in [0.2, 0.25) is 0 Å². The summed E-state index contributed by atoms with van der Waals surface area (Å²) in [5.74, 6) is -0.813. The normalized spacial score (nSPS) is 10.9. The zero-order valence-corrected chi connectivity index (χ0v) is 15.5. The number of ether oxygens (including phenoxy) is 1. The molecule has 0 heterocycles. The van der Waals surface area contributed by atoms with Crippen molar-refractivity contribution >= 4 is 29.2 Å². The van der Waals surface area contributed by atoms with Crippen molar-refractivity contribution in [2.75, 3.05) is 10.6 Å². The molecule has 0 bridgehead atoms. The van der Waals surface area contributed by atoms with Crippen LogP contribution in [0.15, 0.2) is 60.2 Å². The first-order chi connectivity index (χ1) is 12.9. The topological polar surface area (TPSA) is 84.5 Å². The van der Waals surface area contributed by atoms with Gasteiger partial charge in [-0.25, -0.2) is 0 Å². The second kappa shape index (κ2) is 9.33. The summed E-state index contributed by atoms with van der Waals surface area (Å²) in [4.78, 5) is 35.7. The Balaban J connectivity index is 2.17. The molecule has 27 heavy (non-hydrogen) atoms. The van der Waals surface area contributed by atoms with Gasteiger partial charge in [-0.15, -0.1) is 0 Å². The maximum absolute atomic E-state index is 12.5. The minimum atomic E-state index is -0.462. The van der Waals surface area contributed by atoms with E-state index >= 15 is 0 Å². The number of amides is 2. The molecule has 2 aromatic carbocycles. The SMILES string of the molecule is CC/C(C)=C/C(=O)Nc1ccccc1NC(=O)c1cccc(OC(C)=O)c1. The summed E-state index contributed by atoms with van der Waals surface area (Å²) in [7, 11) is 0. The Morgan fingerprint density at radius 3 is 2.26 bits per heavy atom. The van der Waals surface area contributed by atoms with Gasteiger partial charge in [-0.05, 0) is 43.7 Å². The molecule has 0 saturated heterocycles. The summed E-state index contributed by atoms with van der Waals surface area (Å²) in [6.45, 7) is 5.14. The molecule has 0 saturated carbocycles. The highest BCUT2D eigenvalue weighted by molar-refractivity contribution is 6.08. The summed E-state index contributed by atoms with van der Waals surface area (Å²) in [5, 5.41) is 5.54. The summed E-state index contributed by atoms with van der Waals surface area (Å²) in [6, 6.07) is 13.2. The van der Waals surface area contributed by atoms with Gasteiger partial charge in [0.25, 0.3) is 5.91 Å². The highest BCUT2D eigenvalue weighted by atomic mass is 16.5. The van der Waals surface area contributed by atoms with E-state index in [1.807, 2.05) is 13.8 Å². The van der Waals surface area contributed by atoms with Crippen molar-refractivity contribution in [1.82, 2.24) is 0 Å². The number of benzene rings is 2. The van der Waals surface area contributed by atoms with E-state index in [4.69, 9.17) is 4.74 Å². The van der Waals surface area contributed by atoms with Crippen LogP contribution in [0, 0.1) is 0 Å². The zero-order valence-electron chi connectivity index (χ0n) is 15.5. The lowest BCUT2D eigenvalue weighted by Gasteiger charge is -2.12. The second-order valence-corrected chi connectivity index (χ2v) is 5.95. The molecular weight excluding hydrogens is 344 g/mol. The molecule has 0 aliphatic heterocycles. The Morgan fingerprint density at radius 2 is 1.63 bits per heavy atom. The minimum absolute atomic E-state index is 0.257. The predicted octanol–water partition coefficient (Wildman–Crippen LogP) is 4.16. The zero-order chi connectivity index (χ0) is 19.8. The van der Waals surface area contributed by atoms with Crippen LogP contribution in [0.25, 0.3) is 0 Å². The van der Waals surface area contributed by atoms with Crippen molar-refractivity contribution in [3.63, 3.8) is 0 Å². The summed E-state index contributed by atoms with van der Waals surface area (Å²) >= 11 is 0. The number of esters is 1. The molecule has 0 radical (unpaired) electrons. The number of carbonyl (C=O) groups is 3. The molecule has 2 rings (SSSR count). The van der Waals surface area contributed by atoms with Gasteiger partial charge in [-0.3, -0.25) is 14.4 Å². The number of carbonyl (C=O) groups excluding carboxylic acids is 3. The fourth-order valence-electron chi connectivity index (χ4n) is 2.26. The number of hydrogen-bond donors (Lipinski definition) is 2. The van der Waals surface area contributed by atoms with E-state index < -0.39 is 5.97 Å². The van der Waals surface area contributed by atoms with Gasteiger partial charge in [0.15, 0.2) is 0 Å². The molecule has 0 aliphatic carbocycles. The van der Waals surface area contributed by atoms with Gasteiger partial charge < -0.3 is 15.4 Å². The van der Waals surface area contributed by atoms with Gasteiger partial charge >= 0.3 is 5.97 Å². The number of rotatable bonds is 6. The average molecular weight is 366 g/mol. The third-order valence-electron chi connectivity index (χ3n) is 3.73. The quantitative estimate of drug-likeness (QED) is 0.457. The van der Waals surface area contributed by atoms with Crippen LogP contribution in [-0.2, 0) is 9.59 Å². The van der Waals surface area contributed by atoms with E-state index in [0.717, 1.165) is 12.0 Å². The molecule has 0 fully saturated rings. The summed E-state index contributed by atoms with van der Waals surface area (Å²) < 4.78 is 5.00. The number of hydrogen-bond acceptors (Lipinski definition) is 4. The van der Waals surface area contributed by atoms with E-state index in [-0.39, 0.29) is 17.6 Å². The number of para-hydroxylation sites is 2. The third kappa shape index (κ3) is 6.11. The van der Waals surface area contributed by atoms with Crippen molar-refractivity contribution in [3.8, 4) is 5.75 Å². The fraction of sp³-hybridized carbons (Fsp3) is 0.190. The molecule has 2 amide bonds. The Morgan fingerprint density at radius 1 is 0.963 bits per heavy atom. The summed E-state index contributed by atoms with van der Waals surface area (Å²) in [5.41, 5.74) is 2.25. The van der Waals surface area contributed by atoms with Crippen molar-refractivity contribution < 1.29 is 19.1 Å². The summed E-state index contributed by atoms with van der Waals surface area (Å²) in [6.07, 6.45) is 2.31. The number of allylic oxidation sites excluding steroid dienone is 1. The van der Waals surface area contributed by atoms with Crippen LogP contribution in [0.4, 0.5) is 11.4 Å². The lowest BCUT2D eigenvalue weighted by atomic mass is 10.2. The van der Waals surface area contributed by atoms with Crippen LogP contribution in [-0.4, -0.2) is 17.8 Å². The molecule has 0 spiro atoms. The standard InChI is InChI=1S/C21H22N2O4/c1-4-14(2)12-20(25)22-18-10-5-6-11-19(18)23-21(26)16-8-7-9-17(13-16)27-15(3)24/h5-13H,4H2,1-3H3,(H,22,25)(H,23,26)/b14-12+. The molecule has 0 atom stereocenters. The second-order valence-electron chi connectivity index (χ2n) is 5.95. The van der Waals surface area contributed by atoms with E-state index in [0.29, 0.717) is 16.9 Å². The minimum Gasteiger partial charge on any atom is -0.427 e. The molecule has 0 aromatic heterocycles.